The van der Waals surface area contributed by atoms with Crippen LogP contribution >= 0.6 is 7.60 Å². The molecule has 4 atom stereocenters. The van der Waals surface area contributed by atoms with E-state index < -0.39 is 62.9 Å². The molecule has 31 heavy (non-hydrogen) atoms. The van der Waals surface area contributed by atoms with Crippen LogP contribution in [0.2, 0.25) is 0 Å². The van der Waals surface area contributed by atoms with E-state index in [2.05, 4.69) is 0 Å². The van der Waals surface area contributed by atoms with Gasteiger partial charge in [0.15, 0.2) is 18.8 Å². The van der Waals surface area contributed by atoms with Gasteiger partial charge in [-0.25, -0.2) is 9.18 Å². The van der Waals surface area contributed by atoms with E-state index in [0.717, 1.165) is 6.92 Å². The first-order valence-corrected chi connectivity index (χ1v) is 11.5. The number of benzene rings is 1. The Morgan fingerprint density at radius 2 is 1.61 bits per heavy atom. The Bertz CT molecular complexity index is 772. The molecule has 1 aromatic rings. The molecule has 11 heteroatoms. The molecule has 1 aromatic carbocycles. The van der Waals surface area contributed by atoms with Gasteiger partial charge in [0.05, 0.1) is 17.8 Å². The summed E-state index contributed by atoms with van der Waals surface area (Å²) in [5.41, 5.74) is 0.181. The number of carbonyl (C=O) groups is 2. The molecule has 0 bridgehead atoms. The molecule has 0 spiro atoms. The Labute approximate surface area is 180 Å². The molecule has 1 unspecified atom stereocenters. The Morgan fingerprint density at radius 3 is 2.13 bits per heavy atom. The predicted octanol–water partition coefficient (Wildman–Crippen LogP) is 3.81. The largest absolute Gasteiger partial charge is 0.449 e. The zero-order chi connectivity index (χ0) is 23.2. The lowest BCUT2D eigenvalue weighted by atomic mass is 10.2. The summed E-state index contributed by atoms with van der Waals surface area (Å²) < 4.78 is 59.3. The van der Waals surface area contributed by atoms with Gasteiger partial charge < -0.3 is 28.0 Å². The molecule has 1 saturated heterocycles. The van der Waals surface area contributed by atoms with Gasteiger partial charge in [-0.3, -0.25) is 9.36 Å². The van der Waals surface area contributed by atoms with Crippen molar-refractivity contribution in [2.45, 2.75) is 71.7 Å². The van der Waals surface area contributed by atoms with Crippen LogP contribution in [0.15, 0.2) is 30.3 Å². The summed E-state index contributed by atoms with van der Waals surface area (Å²) in [7, 11) is -3.74. The number of alkyl halides is 1. The van der Waals surface area contributed by atoms with Crippen molar-refractivity contribution < 1.29 is 46.5 Å². The molecule has 9 nitrogen and oxygen atoms in total. The molecule has 1 aliphatic rings. The zero-order valence-corrected chi connectivity index (χ0v) is 19.0. The summed E-state index contributed by atoms with van der Waals surface area (Å²) in [6.45, 7) is 7.75. The van der Waals surface area contributed by atoms with Crippen molar-refractivity contribution in [2.24, 2.45) is 0 Å². The first-order chi connectivity index (χ1) is 14.5. The van der Waals surface area contributed by atoms with Gasteiger partial charge in [-0.2, -0.15) is 0 Å². The van der Waals surface area contributed by atoms with Crippen LogP contribution < -0.4 is 0 Å². The quantitative estimate of drug-likeness (QED) is 0.379. The van der Waals surface area contributed by atoms with Crippen LogP contribution in [0.25, 0.3) is 0 Å². The molecule has 0 amide bonds. The maximum Gasteiger partial charge on any atom is 0.356 e. The fourth-order valence-corrected chi connectivity index (χ4v) is 4.54. The van der Waals surface area contributed by atoms with Crippen LogP contribution in [0.5, 0.6) is 0 Å². The van der Waals surface area contributed by atoms with Crippen molar-refractivity contribution in [1.29, 1.82) is 0 Å². The number of ether oxygens (including phenoxy) is 4. The lowest BCUT2D eigenvalue weighted by Gasteiger charge is -2.24. The Balaban J connectivity index is 2.11. The Hall–Kier alpha value is -1.84. The maximum atomic E-state index is 15.0. The minimum Gasteiger partial charge on any atom is -0.449 e. The first-order valence-electron chi connectivity index (χ1n) is 9.81. The average molecular weight is 462 g/mol. The van der Waals surface area contributed by atoms with Gasteiger partial charge in [0.2, 0.25) is 12.4 Å². The van der Waals surface area contributed by atoms with E-state index in [9.17, 15) is 14.2 Å². The molecule has 174 valence electrons. The number of halogens is 1. The van der Waals surface area contributed by atoms with E-state index >= 15 is 4.39 Å². The van der Waals surface area contributed by atoms with Gasteiger partial charge in [0.25, 0.3) is 0 Å². The van der Waals surface area contributed by atoms with E-state index in [1.807, 2.05) is 0 Å². The molecule has 0 radical (unpaired) electrons. The number of carbonyl (C=O) groups excluding carboxylic acids is 2. The maximum absolute atomic E-state index is 15.0. The van der Waals surface area contributed by atoms with Gasteiger partial charge >= 0.3 is 19.5 Å². The topological polar surface area (TPSA) is 107 Å². The molecular formula is C20H28FO9P. The second-order valence-corrected chi connectivity index (χ2v) is 9.28. The van der Waals surface area contributed by atoms with Crippen LogP contribution in [0, 0.1) is 0 Å². The SMILES string of the molecule is CC(=O)OC1O[C@H](OCP(=O)(OC(C)C)OC(C)C)[C@@H](F)[C@H]1OC(=O)c1ccccc1. The molecule has 0 aromatic heterocycles. The van der Waals surface area contributed by atoms with Gasteiger partial charge in [0.1, 0.15) is 0 Å². The summed E-state index contributed by atoms with van der Waals surface area (Å²) in [5, 5.41) is 0. The van der Waals surface area contributed by atoms with Crippen molar-refractivity contribution in [3.05, 3.63) is 35.9 Å². The third kappa shape index (κ3) is 7.66. The van der Waals surface area contributed by atoms with Crippen LogP contribution in [-0.4, -0.2) is 55.4 Å². The van der Waals surface area contributed by atoms with Gasteiger partial charge in [-0.05, 0) is 39.8 Å². The Morgan fingerprint density at radius 1 is 1.03 bits per heavy atom. The fourth-order valence-electron chi connectivity index (χ4n) is 2.76. The second-order valence-electron chi connectivity index (χ2n) is 7.38. The number of hydrogen-bond acceptors (Lipinski definition) is 9. The molecule has 0 N–H and O–H groups in total. The molecule has 1 heterocycles. The summed E-state index contributed by atoms with van der Waals surface area (Å²) >= 11 is 0. The molecule has 0 aliphatic carbocycles. The summed E-state index contributed by atoms with van der Waals surface area (Å²) in [6.07, 6.45) is -8.26. The van der Waals surface area contributed by atoms with Crippen LogP contribution in [-0.2, 0) is 37.4 Å². The molecule has 1 fully saturated rings. The molecule has 1 aliphatic heterocycles. The number of rotatable bonds is 10. The summed E-state index contributed by atoms with van der Waals surface area (Å²) in [5.74, 6) is -1.60. The normalized spacial score (nSPS) is 23.9. The highest BCUT2D eigenvalue weighted by atomic mass is 31.2. The third-order valence-electron chi connectivity index (χ3n) is 3.78. The summed E-state index contributed by atoms with van der Waals surface area (Å²) in [6, 6.07) is 7.91. The van der Waals surface area contributed by atoms with Crippen LogP contribution in [0.3, 0.4) is 0 Å². The molecular weight excluding hydrogens is 434 g/mol. The Kier molecular flexibility index (Phi) is 9.14. The lowest BCUT2D eigenvalue weighted by molar-refractivity contribution is -0.216. The highest BCUT2D eigenvalue weighted by molar-refractivity contribution is 7.53. The third-order valence-corrected chi connectivity index (χ3v) is 5.74. The molecule has 0 saturated carbocycles. The summed E-state index contributed by atoms with van der Waals surface area (Å²) in [4.78, 5) is 23.7. The second kappa shape index (κ2) is 11.2. The van der Waals surface area contributed by atoms with Gasteiger partial charge in [-0.15, -0.1) is 0 Å². The predicted molar refractivity (Wildman–Crippen MR) is 107 cm³/mol. The van der Waals surface area contributed by atoms with E-state index in [0.29, 0.717) is 0 Å². The average Bonchev–Trinajstić information content (AvgIpc) is 2.94. The van der Waals surface area contributed by atoms with E-state index in [-0.39, 0.29) is 5.56 Å². The molecule has 2 rings (SSSR count). The standard InChI is InChI=1S/C20H28FO9P/c1-12(2)29-31(24,30-13(3)4)11-25-19-16(21)17(20(28-19)26-14(5)22)27-18(23)15-9-7-6-8-10-15/h6-10,12-13,16-17,19-20H,11H2,1-5H3/t16-,17+,19-,20?/m0/s1. The number of esters is 2. The van der Waals surface area contributed by atoms with Gasteiger partial charge in [-0.1, -0.05) is 18.2 Å². The smallest absolute Gasteiger partial charge is 0.356 e. The van der Waals surface area contributed by atoms with E-state index in [1.54, 1.807) is 45.9 Å². The first kappa shape index (κ1) is 25.4. The van der Waals surface area contributed by atoms with E-state index in [1.165, 1.54) is 12.1 Å². The van der Waals surface area contributed by atoms with Crippen molar-refractivity contribution in [2.75, 3.05) is 6.35 Å². The highest BCUT2D eigenvalue weighted by Gasteiger charge is 2.51. The minimum atomic E-state index is -3.74. The highest BCUT2D eigenvalue weighted by Crippen LogP contribution is 2.51. The van der Waals surface area contributed by atoms with Crippen molar-refractivity contribution in [1.82, 2.24) is 0 Å². The minimum absolute atomic E-state index is 0.181. The van der Waals surface area contributed by atoms with Gasteiger partial charge in [0, 0.05) is 6.92 Å². The zero-order valence-electron chi connectivity index (χ0n) is 18.1. The van der Waals surface area contributed by atoms with Crippen LogP contribution in [0.1, 0.15) is 45.0 Å². The van der Waals surface area contributed by atoms with Crippen molar-refractivity contribution in [3.8, 4) is 0 Å². The van der Waals surface area contributed by atoms with E-state index in [4.69, 9.17) is 28.0 Å². The van der Waals surface area contributed by atoms with Crippen molar-refractivity contribution >= 4 is 19.5 Å². The fraction of sp³-hybridized carbons (Fsp3) is 0.600. The van der Waals surface area contributed by atoms with Crippen molar-refractivity contribution in [3.63, 3.8) is 0 Å². The lowest BCUT2D eigenvalue weighted by Crippen LogP contribution is -2.37. The van der Waals surface area contributed by atoms with Crippen LogP contribution in [0.4, 0.5) is 4.39 Å². The monoisotopic (exact) mass is 462 g/mol. The number of hydrogen-bond donors (Lipinski definition) is 0.